The van der Waals surface area contributed by atoms with Crippen LogP contribution in [0.2, 0.25) is 5.02 Å². The third kappa shape index (κ3) is 5.02. The first-order valence-electron chi connectivity index (χ1n) is 12.4. The van der Waals surface area contributed by atoms with Crippen molar-refractivity contribution in [3.8, 4) is 11.3 Å². The molecule has 0 atom stereocenters. The molecule has 1 aromatic carbocycles. The number of hydrogen-bond acceptors (Lipinski definition) is 5. The first kappa shape index (κ1) is 23.4. The number of rotatable bonds is 5. The highest BCUT2D eigenvalue weighted by Crippen LogP contribution is 2.28. The van der Waals surface area contributed by atoms with Crippen molar-refractivity contribution in [2.45, 2.75) is 32.2 Å². The maximum absolute atomic E-state index is 13.2. The summed E-state index contributed by atoms with van der Waals surface area (Å²) in [5, 5.41) is 0.663. The second-order valence-corrected chi connectivity index (χ2v) is 10.1. The number of carbonyl (C=O) groups excluding carboxylic acids is 2. The molecule has 1 aliphatic carbocycles. The number of aryl methyl sites for hydroxylation is 1. The van der Waals surface area contributed by atoms with Crippen LogP contribution in [0.1, 0.15) is 35.4 Å². The van der Waals surface area contributed by atoms with Gasteiger partial charge in [0.2, 0.25) is 5.91 Å². The van der Waals surface area contributed by atoms with Gasteiger partial charge in [-0.1, -0.05) is 18.0 Å². The summed E-state index contributed by atoms with van der Waals surface area (Å²) in [7, 11) is 0. The van der Waals surface area contributed by atoms with E-state index in [0.717, 1.165) is 37.8 Å². The van der Waals surface area contributed by atoms with Crippen LogP contribution in [0.25, 0.3) is 11.3 Å². The zero-order chi connectivity index (χ0) is 23.7. The van der Waals surface area contributed by atoms with Crippen LogP contribution in [0.4, 0.5) is 0 Å². The van der Waals surface area contributed by atoms with Crippen LogP contribution in [0.5, 0.6) is 0 Å². The molecule has 34 heavy (non-hydrogen) atoms. The second-order valence-electron chi connectivity index (χ2n) is 9.66. The van der Waals surface area contributed by atoms with Gasteiger partial charge < -0.3 is 14.2 Å². The van der Waals surface area contributed by atoms with Crippen molar-refractivity contribution in [3.05, 3.63) is 46.7 Å². The van der Waals surface area contributed by atoms with Gasteiger partial charge in [0, 0.05) is 69.0 Å². The first-order valence-corrected chi connectivity index (χ1v) is 12.8. The van der Waals surface area contributed by atoms with E-state index in [1.807, 2.05) is 47.1 Å². The molecule has 8 heteroatoms. The van der Waals surface area contributed by atoms with Gasteiger partial charge in [-0.15, -0.1) is 0 Å². The number of halogens is 1. The molecule has 1 saturated carbocycles. The molecule has 0 radical (unpaired) electrons. The lowest BCUT2D eigenvalue weighted by Crippen LogP contribution is -2.56. The van der Waals surface area contributed by atoms with E-state index in [2.05, 4.69) is 9.80 Å². The predicted molar refractivity (Wildman–Crippen MR) is 132 cm³/mol. The minimum Gasteiger partial charge on any atom is -0.461 e. The van der Waals surface area contributed by atoms with Crippen LogP contribution in [0, 0.1) is 6.92 Å². The molecule has 0 unspecified atom stereocenters. The maximum Gasteiger partial charge on any atom is 0.257 e. The lowest BCUT2D eigenvalue weighted by molar-refractivity contribution is -0.135. The van der Waals surface area contributed by atoms with E-state index in [1.54, 1.807) is 0 Å². The Labute approximate surface area is 206 Å². The van der Waals surface area contributed by atoms with Crippen molar-refractivity contribution < 1.29 is 14.0 Å². The van der Waals surface area contributed by atoms with E-state index in [-0.39, 0.29) is 11.8 Å². The highest BCUT2D eigenvalue weighted by atomic mass is 35.5. The molecular weight excluding hydrogens is 452 g/mol. The monoisotopic (exact) mass is 484 g/mol. The average molecular weight is 485 g/mol. The van der Waals surface area contributed by atoms with Crippen molar-refractivity contribution in [3.63, 3.8) is 0 Å². The Kier molecular flexibility index (Phi) is 6.95. The molecule has 0 bridgehead atoms. The summed E-state index contributed by atoms with van der Waals surface area (Å²) in [6.07, 6.45) is 3.98. The molecular formula is C26H33ClN4O3. The fraction of sp³-hybridized carbons (Fsp3) is 0.538. The fourth-order valence-corrected chi connectivity index (χ4v) is 5.24. The smallest absolute Gasteiger partial charge is 0.257 e. The topological polar surface area (TPSA) is 60.2 Å². The number of nitrogens with zero attached hydrogens (tertiary/aromatic N) is 4. The molecule has 3 fully saturated rings. The van der Waals surface area contributed by atoms with E-state index in [4.69, 9.17) is 16.0 Å². The zero-order valence-electron chi connectivity index (χ0n) is 19.8. The Morgan fingerprint density at radius 2 is 1.59 bits per heavy atom. The fourth-order valence-electron chi connectivity index (χ4n) is 5.11. The highest BCUT2D eigenvalue weighted by molar-refractivity contribution is 6.30. The van der Waals surface area contributed by atoms with Crippen molar-refractivity contribution >= 4 is 23.4 Å². The molecule has 2 aliphatic heterocycles. The van der Waals surface area contributed by atoms with E-state index < -0.39 is 0 Å². The molecule has 182 valence electrons. The van der Waals surface area contributed by atoms with Crippen LogP contribution in [0.15, 0.2) is 34.7 Å². The average Bonchev–Trinajstić information content (AvgIpc) is 3.20. The molecule has 0 N–H and O–H groups in total. The minimum absolute atomic E-state index is 0.0143. The highest BCUT2D eigenvalue weighted by Gasteiger charge is 2.31. The van der Waals surface area contributed by atoms with Gasteiger partial charge >= 0.3 is 0 Å². The molecule has 2 amide bonds. The van der Waals surface area contributed by atoms with E-state index in [0.29, 0.717) is 54.8 Å². The molecule has 3 aliphatic rings. The van der Waals surface area contributed by atoms with Gasteiger partial charge in [-0.25, -0.2) is 0 Å². The summed E-state index contributed by atoms with van der Waals surface area (Å²) in [4.78, 5) is 34.6. The summed E-state index contributed by atoms with van der Waals surface area (Å²) in [6.45, 7) is 8.59. The Balaban J connectivity index is 1.11. The molecule has 3 heterocycles. The van der Waals surface area contributed by atoms with Crippen molar-refractivity contribution in [1.29, 1.82) is 0 Å². The Morgan fingerprint density at radius 3 is 2.21 bits per heavy atom. The van der Waals surface area contributed by atoms with Gasteiger partial charge in [-0.3, -0.25) is 19.4 Å². The summed E-state index contributed by atoms with van der Waals surface area (Å²) in [6, 6.07) is 9.97. The molecule has 2 aromatic rings. The molecule has 0 spiro atoms. The molecule has 7 nitrogen and oxygen atoms in total. The van der Waals surface area contributed by atoms with Crippen molar-refractivity contribution in [2.75, 3.05) is 58.9 Å². The third-order valence-corrected chi connectivity index (χ3v) is 7.81. The number of hydrogen-bond donors (Lipinski definition) is 0. The van der Waals surface area contributed by atoms with E-state index >= 15 is 0 Å². The zero-order valence-corrected chi connectivity index (χ0v) is 20.6. The number of piperazine rings is 2. The van der Waals surface area contributed by atoms with Gasteiger partial charge in [0.25, 0.3) is 5.91 Å². The number of benzene rings is 1. The maximum atomic E-state index is 13.2. The lowest BCUT2D eigenvalue weighted by Gasteiger charge is -2.43. The third-order valence-electron chi connectivity index (χ3n) is 7.55. The van der Waals surface area contributed by atoms with E-state index in [9.17, 15) is 9.59 Å². The largest absolute Gasteiger partial charge is 0.461 e. The van der Waals surface area contributed by atoms with Crippen LogP contribution in [-0.4, -0.2) is 96.4 Å². The van der Waals surface area contributed by atoms with Gasteiger partial charge in [0.15, 0.2) is 0 Å². The van der Waals surface area contributed by atoms with Crippen LogP contribution in [0.3, 0.4) is 0 Å². The number of carbonyl (C=O) groups is 2. The van der Waals surface area contributed by atoms with Gasteiger partial charge in [-0.05, 0) is 50.1 Å². The Hall–Kier alpha value is -2.35. The van der Waals surface area contributed by atoms with Crippen molar-refractivity contribution in [1.82, 2.24) is 19.6 Å². The molecule has 5 rings (SSSR count). The van der Waals surface area contributed by atoms with Gasteiger partial charge in [-0.2, -0.15) is 0 Å². The number of amides is 2. The van der Waals surface area contributed by atoms with Crippen LogP contribution in [-0.2, 0) is 4.79 Å². The second kappa shape index (κ2) is 10.1. The normalized spacial score (nSPS) is 20.4. The van der Waals surface area contributed by atoms with Crippen molar-refractivity contribution in [2.24, 2.45) is 0 Å². The first-order chi connectivity index (χ1) is 16.5. The number of furan rings is 1. The van der Waals surface area contributed by atoms with Crippen LogP contribution >= 0.6 is 11.6 Å². The SMILES string of the molecule is Cc1oc(-c2ccc(Cl)cc2)cc1C(=O)N1CCN(CC(=O)N2CCN(C3CCC3)CC2)CC1. The predicted octanol–water partition coefficient (Wildman–Crippen LogP) is 3.36. The summed E-state index contributed by atoms with van der Waals surface area (Å²) < 4.78 is 5.87. The summed E-state index contributed by atoms with van der Waals surface area (Å²) in [5.41, 5.74) is 1.49. The quantitative estimate of drug-likeness (QED) is 0.651. The minimum atomic E-state index is -0.0143. The van der Waals surface area contributed by atoms with Gasteiger partial charge in [0.05, 0.1) is 12.1 Å². The summed E-state index contributed by atoms with van der Waals surface area (Å²) in [5.74, 6) is 1.48. The Bertz CT molecular complexity index is 1020. The molecule has 2 saturated heterocycles. The molecule has 1 aromatic heterocycles. The lowest BCUT2D eigenvalue weighted by atomic mass is 9.91. The summed E-state index contributed by atoms with van der Waals surface area (Å²) >= 11 is 5.98. The van der Waals surface area contributed by atoms with Gasteiger partial charge in [0.1, 0.15) is 11.5 Å². The van der Waals surface area contributed by atoms with Crippen LogP contribution < -0.4 is 0 Å². The van der Waals surface area contributed by atoms with E-state index in [1.165, 1.54) is 19.3 Å². The standard InChI is InChI=1S/C26H33ClN4O3/c1-19-23(17-24(34-19)20-5-7-21(27)8-6-20)26(33)31-11-9-28(10-12-31)18-25(32)30-15-13-29(14-16-30)22-3-2-4-22/h5-8,17,22H,2-4,9-16,18H2,1H3. The Morgan fingerprint density at radius 1 is 0.941 bits per heavy atom.